The van der Waals surface area contributed by atoms with Gasteiger partial charge in [0, 0.05) is 18.2 Å². The fraction of sp³-hybridized carbons (Fsp3) is 0.440. The van der Waals surface area contributed by atoms with Crippen molar-refractivity contribution in [3.63, 3.8) is 0 Å². The van der Waals surface area contributed by atoms with Gasteiger partial charge in [0.2, 0.25) is 0 Å². The fourth-order valence-electron chi connectivity index (χ4n) is 4.84. The molecule has 1 saturated carbocycles. The van der Waals surface area contributed by atoms with Crippen molar-refractivity contribution in [3.8, 4) is 11.5 Å². The van der Waals surface area contributed by atoms with Gasteiger partial charge < -0.3 is 19.4 Å². The average Bonchev–Trinajstić information content (AvgIpc) is 3.42. The first-order valence-corrected chi connectivity index (χ1v) is 12.2. The highest BCUT2D eigenvalue weighted by Gasteiger charge is 2.21. The van der Waals surface area contributed by atoms with E-state index in [-0.39, 0.29) is 0 Å². The Morgan fingerprint density at radius 1 is 1.12 bits per heavy atom. The van der Waals surface area contributed by atoms with Gasteiger partial charge in [0.05, 0.1) is 48.3 Å². The molecule has 1 aliphatic rings. The van der Waals surface area contributed by atoms with Crippen molar-refractivity contribution in [2.75, 3.05) is 19.5 Å². The second-order valence-corrected chi connectivity index (χ2v) is 9.71. The molecule has 7 heteroatoms. The maximum Gasteiger partial charge on any atom is 0.184 e. The van der Waals surface area contributed by atoms with E-state index >= 15 is 0 Å². The monoisotopic (exact) mass is 450 g/mol. The lowest BCUT2D eigenvalue weighted by molar-refractivity contribution is 0.328. The maximum absolute atomic E-state index is 5.49. The number of nitrogens with one attached hydrogen (secondary N) is 1. The Bertz CT molecular complexity index is 1230. The quantitative estimate of drug-likeness (QED) is 0.369. The molecule has 1 fully saturated rings. The van der Waals surface area contributed by atoms with Crippen LogP contribution in [0.25, 0.3) is 21.3 Å². The van der Waals surface area contributed by atoms with Crippen LogP contribution in [-0.2, 0) is 6.54 Å². The first-order valence-electron chi connectivity index (χ1n) is 11.4. The molecular formula is C25H30N4O2S. The summed E-state index contributed by atoms with van der Waals surface area (Å²) < 4.78 is 14.3. The normalized spacial score (nSPS) is 15.8. The van der Waals surface area contributed by atoms with Crippen LogP contribution in [0.4, 0.5) is 5.13 Å². The number of anilines is 1. The van der Waals surface area contributed by atoms with E-state index in [1.807, 2.05) is 18.5 Å². The molecule has 0 aliphatic heterocycles. The predicted molar refractivity (Wildman–Crippen MR) is 131 cm³/mol. The van der Waals surface area contributed by atoms with Gasteiger partial charge in [-0.05, 0) is 37.3 Å². The highest BCUT2D eigenvalue weighted by Crippen LogP contribution is 2.34. The number of thiazole rings is 1. The maximum atomic E-state index is 5.49. The van der Waals surface area contributed by atoms with Crippen LogP contribution in [-0.4, -0.2) is 34.8 Å². The molecule has 1 aliphatic carbocycles. The smallest absolute Gasteiger partial charge is 0.184 e. The molecule has 0 spiro atoms. The van der Waals surface area contributed by atoms with E-state index < -0.39 is 0 Å². The zero-order chi connectivity index (χ0) is 22.1. The van der Waals surface area contributed by atoms with Gasteiger partial charge in [0.25, 0.3) is 0 Å². The number of benzene rings is 2. The third kappa shape index (κ3) is 4.01. The van der Waals surface area contributed by atoms with E-state index in [4.69, 9.17) is 14.5 Å². The second-order valence-electron chi connectivity index (χ2n) is 8.68. The number of fused-ring (bicyclic) bond motifs is 2. The summed E-state index contributed by atoms with van der Waals surface area (Å²) in [6.07, 6.45) is 8.62. The highest BCUT2D eigenvalue weighted by atomic mass is 32.1. The van der Waals surface area contributed by atoms with Gasteiger partial charge in [-0.2, -0.15) is 0 Å². The third-order valence-electron chi connectivity index (χ3n) is 6.68. The molecule has 2 aromatic heterocycles. The molecule has 0 radical (unpaired) electrons. The van der Waals surface area contributed by atoms with E-state index in [2.05, 4.69) is 40.0 Å². The van der Waals surface area contributed by atoms with E-state index in [9.17, 15) is 0 Å². The summed E-state index contributed by atoms with van der Waals surface area (Å²) in [6.45, 7) is 3.01. The van der Waals surface area contributed by atoms with Crippen LogP contribution >= 0.6 is 11.3 Å². The number of rotatable bonds is 7. The molecule has 0 saturated heterocycles. The fourth-order valence-corrected chi connectivity index (χ4v) is 5.85. The summed E-state index contributed by atoms with van der Waals surface area (Å²) in [6, 6.07) is 10.8. The Morgan fingerprint density at radius 2 is 1.91 bits per heavy atom. The Kier molecular flexibility index (Phi) is 5.91. The first kappa shape index (κ1) is 21.1. The van der Waals surface area contributed by atoms with Gasteiger partial charge >= 0.3 is 0 Å². The molecule has 0 amide bonds. The second kappa shape index (κ2) is 8.98. The molecule has 168 valence electrons. The topological polar surface area (TPSA) is 61.2 Å². The molecule has 5 rings (SSSR count). The van der Waals surface area contributed by atoms with Crippen LogP contribution in [0, 0.1) is 5.92 Å². The van der Waals surface area contributed by atoms with Crippen LogP contribution in [0.2, 0.25) is 0 Å². The van der Waals surface area contributed by atoms with Gasteiger partial charge in [-0.3, -0.25) is 0 Å². The predicted octanol–water partition coefficient (Wildman–Crippen LogP) is 6.09. The van der Waals surface area contributed by atoms with Crippen molar-refractivity contribution in [1.29, 1.82) is 0 Å². The lowest BCUT2D eigenvalue weighted by Gasteiger charge is -2.28. The van der Waals surface area contributed by atoms with Crippen molar-refractivity contribution in [3.05, 3.63) is 42.2 Å². The summed E-state index contributed by atoms with van der Waals surface area (Å²) in [7, 11) is 3.30. The highest BCUT2D eigenvalue weighted by molar-refractivity contribution is 7.22. The number of ether oxygens (including phenoxy) is 2. The Morgan fingerprint density at radius 3 is 2.69 bits per heavy atom. The van der Waals surface area contributed by atoms with Crippen molar-refractivity contribution in [2.24, 2.45) is 5.92 Å². The van der Waals surface area contributed by atoms with Crippen LogP contribution < -0.4 is 14.8 Å². The molecular weight excluding hydrogens is 420 g/mol. The number of hydrogen-bond acceptors (Lipinski definition) is 6. The minimum Gasteiger partial charge on any atom is -0.493 e. The number of imidazole rings is 1. The standard InChI is InChI=1S/C25H30N4O2S/c1-16(17-8-5-4-6-9-17)27-25-28-24-18(10-7-11-23(24)32-25)14-29-15-26-19-12-21(30-2)22(31-3)13-20(19)29/h7,10-13,15-17H,4-6,8-9,14H2,1-3H3,(H,27,28)/t16-/m0/s1. The van der Waals surface area contributed by atoms with Crippen molar-refractivity contribution in [1.82, 2.24) is 14.5 Å². The van der Waals surface area contributed by atoms with E-state index in [0.29, 0.717) is 24.1 Å². The van der Waals surface area contributed by atoms with Gasteiger partial charge in [-0.1, -0.05) is 42.7 Å². The summed E-state index contributed by atoms with van der Waals surface area (Å²) in [5.41, 5.74) is 4.15. The Hall–Kier alpha value is -2.80. The van der Waals surface area contributed by atoms with Crippen LogP contribution in [0.1, 0.15) is 44.6 Å². The van der Waals surface area contributed by atoms with Crippen molar-refractivity contribution in [2.45, 2.75) is 51.6 Å². The summed E-state index contributed by atoms with van der Waals surface area (Å²) in [4.78, 5) is 9.57. The SMILES string of the molecule is COc1cc2ncn(Cc3cccc4sc(N[C@@H](C)C5CCCCC5)nc34)c2cc1OC. The molecule has 6 nitrogen and oxygen atoms in total. The zero-order valence-corrected chi connectivity index (χ0v) is 19.7. The van der Waals surface area contributed by atoms with Crippen LogP contribution in [0.5, 0.6) is 11.5 Å². The first-order chi connectivity index (χ1) is 15.7. The molecule has 1 N–H and O–H groups in total. The summed E-state index contributed by atoms with van der Waals surface area (Å²) >= 11 is 1.75. The molecule has 1 atom stereocenters. The Labute approximate surface area is 192 Å². The van der Waals surface area contributed by atoms with Crippen molar-refractivity contribution >= 4 is 37.7 Å². The minimum atomic E-state index is 0.458. The summed E-state index contributed by atoms with van der Waals surface area (Å²) in [5.74, 6) is 2.14. The molecule has 2 aromatic carbocycles. The van der Waals surface area contributed by atoms with E-state index in [0.717, 1.165) is 27.6 Å². The number of nitrogens with zero attached hydrogens (tertiary/aromatic N) is 3. The van der Waals surface area contributed by atoms with E-state index in [1.165, 1.54) is 42.4 Å². The number of aromatic nitrogens is 3. The number of hydrogen-bond donors (Lipinski definition) is 1. The third-order valence-corrected chi connectivity index (χ3v) is 7.63. The lowest BCUT2D eigenvalue weighted by atomic mass is 9.85. The largest absolute Gasteiger partial charge is 0.493 e. The zero-order valence-electron chi connectivity index (χ0n) is 18.9. The van der Waals surface area contributed by atoms with Gasteiger partial charge in [0.1, 0.15) is 0 Å². The van der Waals surface area contributed by atoms with Gasteiger partial charge in [-0.15, -0.1) is 0 Å². The molecule has 32 heavy (non-hydrogen) atoms. The minimum absolute atomic E-state index is 0.458. The Balaban J connectivity index is 1.42. The van der Waals surface area contributed by atoms with Crippen LogP contribution in [0.3, 0.4) is 0 Å². The molecule has 0 bridgehead atoms. The summed E-state index contributed by atoms with van der Waals surface area (Å²) in [5, 5.41) is 4.72. The van der Waals surface area contributed by atoms with Crippen molar-refractivity contribution < 1.29 is 9.47 Å². The molecule has 4 aromatic rings. The average molecular weight is 451 g/mol. The van der Waals surface area contributed by atoms with Gasteiger partial charge in [0.15, 0.2) is 16.6 Å². The number of methoxy groups -OCH3 is 2. The van der Waals surface area contributed by atoms with Gasteiger partial charge in [-0.25, -0.2) is 9.97 Å². The molecule has 2 heterocycles. The lowest BCUT2D eigenvalue weighted by Crippen LogP contribution is -2.27. The van der Waals surface area contributed by atoms with E-state index in [1.54, 1.807) is 25.6 Å². The number of para-hydroxylation sites is 1. The molecule has 0 unspecified atom stereocenters. The van der Waals surface area contributed by atoms with Crippen LogP contribution in [0.15, 0.2) is 36.7 Å².